The lowest BCUT2D eigenvalue weighted by Gasteiger charge is -2.10. The number of hydrogen-bond acceptors (Lipinski definition) is 8. The summed E-state index contributed by atoms with van der Waals surface area (Å²) in [6.45, 7) is 0.374. The van der Waals surface area contributed by atoms with Gasteiger partial charge in [-0.3, -0.25) is 9.78 Å². The van der Waals surface area contributed by atoms with Crippen LogP contribution in [0, 0.1) is 0 Å². The third-order valence-corrected chi connectivity index (χ3v) is 5.38. The van der Waals surface area contributed by atoms with Gasteiger partial charge in [-0.15, -0.1) is 0 Å². The van der Waals surface area contributed by atoms with Crippen molar-refractivity contribution >= 4 is 17.4 Å². The number of aromatic nitrogens is 3. The molecule has 0 radical (unpaired) electrons. The van der Waals surface area contributed by atoms with Crippen molar-refractivity contribution in [3.63, 3.8) is 0 Å². The Morgan fingerprint density at radius 2 is 1.88 bits per heavy atom. The predicted molar refractivity (Wildman–Crippen MR) is 124 cm³/mol. The Labute approximate surface area is 195 Å². The molecule has 0 aliphatic rings. The second-order valence-electron chi connectivity index (χ2n) is 7.02. The molecule has 0 atom stereocenters. The van der Waals surface area contributed by atoms with E-state index in [1.165, 1.54) is 0 Å². The first kappa shape index (κ1) is 22.2. The van der Waals surface area contributed by atoms with Crippen molar-refractivity contribution in [1.82, 2.24) is 19.7 Å². The first-order chi connectivity index (χ1) is 16.1. The number of methoxy groups -OCH3 is 2. The molecule has 0 spiro atoms. The molecule has 2 heterocycles. The van der Waals surface area contributed by atoms with Gasteiger partial charge >= 0.3 is 0 Å². The average Bonchev–Trinajstić information content (AvgIpc) is 3.29. The molecule has 0 saturated carbocycles. The molecule has 4 aromatic rings. The number of carbonyl (C=O) groups is 1. The van der Waals surface area contributed by atoms with Crippen molar-refractivity contribution in [2.45, 2.75) is 13.0 Å². The van der Waals surface area contributed by atoms with E-state index in [9.17, 15) is 4.79 Å². The summed E-state index contributed by atoms with van der Waals surface area (Å²) in [6, 6.07) is 16.5. The molecule has 0 unspecified atom stereocenters. The van der Waals surface area contributed by atoms with Crippen LogP contribution in [0.25, 0.3) is 0 Å². The maximum atomic E-state index is 12.6. The highest BCUT2D eigenvalue weighted by Gasteiger charge is 2.15. The minimum Gasteiger partial charge on any atom is -0.497 e. The maximum absolute atomic E-state index is 12.6. The van der Waals surface area contributed by atoms with Gasteiger partial charge in [-0.1, -0.05) is 18.2 Å². The molecule has 168 valence electrons. The van der Waals surface area contributed by atoms with Gasteiger partial charge in [0.05, 0.1) is 14.2 Å². The molecule has 2 aromatic heterocycles. The smallest absolute Gasteiger partial charge is 0.298 e. The largest absolute Gasteiger partial charge is 0.497 e. The lowest BCUT2D eigenvalue weighted by Crippen LogP contribution is -2.22. The van der Waals surface area contributed by atoms with Gasteiger partial charge in [0.2, 0.25) is 0 Å². The third-order valence-electron chi connectivity index (χ3n) is 4.74. The zero-order valence-electron chi connectivity index (χ0n) is 18.1. The number of hydrogen-bond donors (Lipinski definition) is 1. The lowest BCUT2D eigenvalue weighted by atomic mass is 10.1. The van der Waals surface area contributed by atoms with Crippen LogP contribution in [0.3, 0.4) is 0 Å². The normalized spacial score (nSPS) is 10.5. The van der Waals surface area contributed by atoms with E-state index in [1.54, 1.807) is 44.8 Å². The molecule has 0 saturated heterocycles. The minimum absolute atomic E-state index is 0.234. The van der Waals surface area contributed by atoms with Crippen molar-refractivity contribution in [2.75, 3.05) is 14.2 Å². The van der Waals surface area contributed by atoms with Crippen LogP contribution in [-0.2, 0) is 13.0 Å². The molecule has 8 nitrogen and oxygen atoms in total. The van der Waals surface area contributed by atoms with Crippen LogP contribution < -0.4 is 19.5 Å². The quantitative estimate of drug-likeness (QED) is 0.397. The van der Waals surface area contributed by atoms with Crippen molar-refractivity contribution in [2.24, 2.45) is 0 Å². The van der Waals surface area contributed by atoms with Crippen molar-refractivity contribution in [1.29, 1.82) is 0 Å². The van der Waals surface area contributed by atoms with E-state index in [0.29, 0.717) is 41.0 Å². The second kappa shape index (κ2) is 10.6. The summed E-state index contributed by atoms with van der Waals surface area (Å²) >= 11 is 1.14. The van der Waals surface area contributed by atoms with Crippen LogP contribution in [0.2, 0.25) is 0 Å². The third kappa shape index (κ3) is 5.83. The highest BCUT2D eigenvalue weighted by Crippen LogP contribution is 2.33. The van der Waals surface area contributed by atoms with Crippen LogP contribution in [0.15, 0.2) is 67.0 Å². The van der Waals surface area contributed by atoms with Gasteiger partial charge in [0.25, 0.3) is 11.1 Å². The van der Waals surface area contributed by atoms with Gasteiger partial charge in [0.15, 0.2) is 17.3 Å². The first-order valence-corrected chi connectivity index (χ1v) is 10.9. The minimum atomic E-state index is -0.234. The number of rotatable bonds is 9. The Balaban J connectivity index is 1.45. The molecule has 0 aliphatic carbocycles. The molecular formula is C24H22N4O4S. The fourth-order valence-electron chi connectivity index (χ4n) is 3.10. The van der Waals surface area contributed by atoms with E-state index in [4.69, 9.17) is 14.2 Å². The molecular weight excluding hydrogens is 440 g/mol. The highest BCUT2D eigenvalue weighted by atomic mass is 32.1. The van der Waals surface area contributed by atoms with E-state index in [-0.39, 0.29) is 5.91 Å². The molecule has 0 bridgehead atoms. The molecule has 33 heavy (non-hydrogen) atoms. The molecule has 4 rings (SSSR count). The number of pyridine rings is 1. The Hall–Kier alpha value is -3.98. The van der Waals surface area contributed by atoms with Gasteiger partial charge in [-0.25, -0.2) is 0 Å². The summed E-state index contributed by atoms with van der Waals surface area (Å²) in [7, 11) is 3.17. The number of ether oxygens (including phenoxy) is 3. The Morgan fingerprint density at radius 3 is 2.67 bits per heavy atom. The van der Waals surface area contributed by atoms with Crippen molar-refractivity contribution < 1.29 is 19.0 Å². The summed E-state index contributed by atoms with van der Waals surface area (Å²) in [5.41, 5.74) is 2.38. The number of amides is 1. The van der Waals surface area contributed by atoms with Crippen LogP contribution >= 0.6 is 11.5 Å². The summed E-state index contributed by atoms with van der Waals surface area (Å²) < 4.78 is 21.0. The van der Waals surface area contributed by atoms with E-state index >= 15 is 0 Å². The maximum Gasteiger partial charge on any atom is 0.298 e. The van der Waals surface area contributed by atoms with E-state index < -0.39 is 0 Å². The van der Waals surface area contributed by atoms with Crippen molar-refractivity contribution in [3.8, 4) is 22.4 Å². The number of nitrogens with one attached hydrogen (secondary N) is 1. The number of carbonyl (C=O) groups excluding carboxylic acids is 1. The fraction of sp³-hybridized carbons (Fsp3) is 0.167. The summed E-state index contributed by atoms with van der Waals surface area (Å²) in [5, 5.41) is 3.23. The summed E-state index contributed by atoms with van der Waals surface area (Å²) in [6.07, 6.45) is 3.94. The van der Waals surface area contributed by atoms with E-state index in [0.717, 1.165) is 28.4 Å². The van der Waals surface area contributed by atoms with Gasteiger partial charge < -0.3 is 19.5 Å². The van der Waals surface area contributed by atoms with E-state index in [2.05, 4.69) is 19.7 Å². The van der Waals surface area contributed by atoms with Crippen LogP contribution in [0.5, 0.6) is 22.4 Å². The molecule has 9 heteroatoms. The zero-order chi connectivity index (χ0) is 23.0. The SMILES string of the molecule is COc1cccc(Cc2nsc(Oc3cc(C(=O)NCc4cccnc4)ccc3OC)n2)c1. The monoisotopic (exact) mass is 462 g/mol. The number of nitrogens with zero attached hydrogens (tertiary/aromatic N) is 3. The van der Waals surface area contributed by atoms with Gasteiger partial charge in [0, 0.05) is 42.5 Å². The fourth-order valence-corrected chi connectivity index (χ4v) is 3.66. The van der Waals surface area contributed by atoms with Crippen LogP contribution in [-0.4, -0.2) is 34.5 Å². The lowest BCUT2D eigenvalue weighted by molar-refractivity contribution is 0.0950. The second-order valence-corrected chi connectivity index (χ2v) is 7.73. The average molecular weight is 463 g/mol. The van der Waals surface area contributed by atoms with Crippen LogP contribution in [0.4, 0.5) is 0 Å². The summed E-state index contributed by atoms with van der Waals surface area (Å²) in [4.78, 5) is 21.1. The molecule has 1 N–H and O–H groups in total. The molecule has 2 aromatic carbocycles. The van der Waals surface area contributed by atoms with Gasteiger partial charge in [0.1, 0.15) is 5.75 Å². The standard InChI is InChI=1S/C24H22N4O4S/c1-30-19-7-3-5-16(11-19)12-22-27-24(33-28-22)32-21-13-18(8-9-20(21)31-2)23(29)26-15-17-6-4-10-25-14-17/h3-11,13-14H,12,15H2,1-2H3,(H,26,29). The zero-order valence-corrected chi connectivity index (χ0v) is 19.0. The predicted octanol–water partition coefficient (Wildman–Crippen LogP) is 4.26. The van der Waals surface area contributed by atoms with Crippen molar-refractivity contribution in [3.05, 3.63) is 89.5 Å². The molecule has 1 amide bonds. The Kier molecular flexibility index (Phi) is 7.11. The van der Waals surface area contributed by atoms with E-state index in [1.807, 2.05) is 36.4 Å². The van der Waals surface area contributed by atoms with Gasteiger partial charge in [-0.2, -0.15) is 9.36 Å². The van der Waals surface area contributed by atoms with Gasteiger partial charge in [-0.05, 0) is 47.5 Å². The Morgan fingerprint density at radius 1 is 1.00 bits per heavy atom. The van der Waals surface area contributed by atoms with Crippen LogP contribution in [0.1, 0.15) is 27.3 Å². The Bertz CT molecular complexity index is 1230. The summed E-state index contributed by atoms with van der Waals surface area (Å²) in [5.74, 6) is 2.05. The molecule has 0 fully saturated rings. The highest BCUT2D eigenvalue weighted by molar-refractivity contribution is 7.07. The first-order valence-electron chi connectivity index (χ1n) is 10.1. The number of benzene rings is 2. The molecule has 0 aliphatic heterocycles. The topological polar surface area (TPSA) is 95.5 Å².